The number of ketones is 1. The van der Waals surface area contributed by atoms with Gasteiger partial charge in [0, 0.05) is 64.5 Å². The van der Waals surface area contributed by atoms with E-state index in [9.17, 15) is 28.7 Å². The quantitative estimate of drug-likeness (QED) is 0.0204. The van der Waals surface area contributed by atoms with Gasteiger partial charge in [0.2, 0.25) is 0 Å². The lowest BCUT2D eigenvalue weighted by molar-refractivity contribution is -0.144. The number of likely N-dealkylation sites (tertiary alicyclic amines) is 2. The van der Waals surface area contributed by atoms with Gasteiger partial charge < -0.3 is 79.6 Å². The zero-order valence-electron chi connectivity index (χ0n) is 70.7. The lowest BCUT2D eigenvalue weighted by Gasteiger charge is -2.35. The van der Waals surface area contributed by atoms with Gasteiger partial charge in [-0.1, -0.05) is 158 Å². The average molecular weight is 1660 g/mol. The molecular weight excluding hydrogens is 1550 g/mol. The van der Waals surface area contributed by atoms with E-state index >= 15 is 0 Å². The van der Waals surface area contributed by atoms with Gasteiger partial charge in [-0.25, -0.2) is 9.59 Å². The van der Waals surface area contributed by atoms with Crippen LogP contribution in [0, 0.1) is 13.8 Å². The number of nitrogens with zero attached hydrogens (tertiary/aromatic N) is 8. The first-order valence-corrected chi connectivity index (χ1v) is 40.0. The number of rotatable bonds is 34. The number of nitrogen functional groups attached to an aromatic ring is 2. The number of carbonyl (C=O) groups excluding carboxylic acids is 1. The van der Waals surface area contributed by atoms with Crippen LogP contribution in [0.2, 0.25) is 0 Å². The van der Waals surface area contributed by atoms with Crippen LogP contribution in [-0.4, -0.2) is 167 Å². The number of aromatic nitrogens is 8. The Morgan fingerprint density at radius 3 is 1.30 bits per heavy atom. The molecule has 0 unspecified atom stereocenters. The predicted molar refractivity (Wildman–Crippen MR) is 464 cm³/mol. The van der Waals surface area contributed by atoms with E-state index in [1.54, 1.807) is 42.7 Å². The summed E-state index contributed by atoms with van der Waals surface area (Å²) in [5.74, 6) is 3.58. The molecule has 0 spiro atoms. The van der Waals surface area contributed by atoms with Gasteiger partial charge in [-0.05, 0) is 126 Å². The van der Waals surface area contributed by atoms with E-state index < -0.39 is 19.2 Å². The fraction of sp³-hybridized carbons (Fsp3) is 0.348. The van der Waals surface area contributed by atoms with Crippen LogP contribution in [0.5, 0.6) is 46.5 Å². The number of hydrogen-bond acceptors (Lipinski definition) is 23. The number of fused-ring (bicyclic) bond motifs is 2. The van der Waals surface area contributed by atoms with Crippen molar-refractivity contribution < 1.29 is 67.8 Å². The van der Waals surface area contributed by atoms with E-state index in [1.165, 1.54) is 42.5 Å². The monoisotopic (exact) mass is 1650 g/mol. The van der Waals surface area contributed by atoms with Crippen LogP contribution in [0.4, 0.5) is 16.0 Å². The molecule has 2 fully saturated rings. The number of hydrogen-bond donors (Lipinski definition) is 6. The summed E-state index contributed by atoms with van der Waals surface area (Å²) in [6.07, 6.45) is 6.40. The highest BCUT2D eigenvalue weighted by atomic mass is 19.1. The smallest absolute Gasteiger partial charge is 0.328 e. The molecule has 0 bridgehead atoms. The van der Waals surface area contributed by atoms with Gasteiger partial charge in [0.25, 0.3) is 0 Å². The van der Waals surface area contributed by atoms with Crippen molar-refractivity contribution in [2.24, 2.45) is 5.73 Å². The van der Waals surface area contributed by atoms with Crippen molar-refractivity contribution >= 4 is 45.7 Å². The molecule has 28 nitrogen and oxygen atoms in total. The maximum atomic E-state index is 13.9. The van der Waals surface area contributed by atoms with Crippen molar-refractivity contribution in [2.45, 2.75) is 123 Å². The first-order chi connectivity index (χ1) is 59.3. The molecule has 12 aromatic rings. The summed E-state index contributed by atoms with van der Waals surface area (Å²) in [6, 6.07) is 55.9. The average Bonchev–Trinajstić information content (AvgIpc) is 1.65. The molecular formula is C92H108FN13O15. The van der Waals surface area contributed by atoms with E-state index in [4.69, 9.17) is 65.9 Å². The highest BCUT2D eigenvalue weighted by Crippen LogP contribution is 2.40. The Bertz CT molecular complexity index is 5510. The molecule has 0 aliphatic carbocycles. The number of benzene rings is 8. The third kappa shape index (κ3) is 22.8. The molecule has 14 rings (SSSR count). The minimum atomic E-state index is -1.00. The number of ether oxygens (including phenoxy) is 10. The minimum Gasteiger partial charge on any atom is -0.496 e. The molecule has 0 amide bonds. The second-order valence-electron chi connectivity index (χ2n) is 29.1. The van der Waals surface area contributed by atoms with Gasteiger partial charge >= 0.3 is 29.4 Å². The Kier molecular flexibility index (Phi) is 31.8. The number of methoxy groups -OCH3 is 6. The molecule has 8 aromatic carbocycles. The number of alkyl halides is 1. The second-order valence-corrected chi connectivity index (χ2v) is 29.1. The predicted octanol–water partition coefficient (Wildman–Crippen LogP) is 13.4. The van der Waals surface area contributed by atoms with Gasteiger partial charge in [-0.15, -0.1) is 0 Å². The maximum Gasteiger partial charge on any atom is 0.328 e. The number of aromatic amines is 2. The number of nitrogens with two attached hydrogens (primary N) is 3. The summed E-state index contributed by atoms with van der Waals surface area (Å²) < 4.78 is 75.1. The molecule has 6 heterocycles. The van der Waals surface area contributed by atoms with E-state index in [-0.39, 0.29) is 66.6 Å². The standard InChI is InChI=1S/C46H52N6O7.C29H33NO5.C16H20N6O3.CH3F/c1-30-34(13-10-14-36(30)33-11-6-5-7-12-33)29-59-35-25-40(56-3)37(41(26-35)57-4)28-51-22-9-8-15-38(51)39(53)21-20-31-16-18-32(19-17-31)27-52-44-42(48-46(52)54)43(47)49-45(50-44)58-24-23-55-2;1-20-22(12-9-13-24(20)21-10-5-4-6-11-21)19-35-23-16-27(33-2)25(28(17-23)34-3)18-30-15-8-7-14-26(30)29(31)32;1-24-6-7-25-15-20-13(18)12-14(21-15)22(16(23)19-12)9-11-4-2-10(8-17)3-5-11;1-2/h5-7,10-14,16-19,25-26,38H,8-9,15,20-24,27-29H2,1-4H3,(H,48,54)(H2,47,49,50);4-6,9-13,16-17,26H,7-8,14-15,18-19H2,1-3H3,(H,31,32);2-5H,6-9,17H2,1H3,(H,19,23)(H2,18,20,21);1H3/t38-;26-;;/m00../s1/i;;;1D. The van der Waals surface area contributed by atoms with Crippen LogP contribution < -0.4 is 66.5 Å². The first kappa shape index (κ1) is 87.6. The number of carboxylic acids is 1. The van der Waals surface area contributed by atoms with E-state index in [2.05, 4.69) is 109 Å². The number of carbonyl (C=O) groups is 2. The third-order valence-corrected chi connectivity index (χ3v) is 21.5. The number of halogens is 1. The largest absolute Gasteiger partial charge is 0.496 e. The Labute approximate surface area is 704 Å². The van der Waals surface area contributed by atoms with E-state index in [0.717, 1.165) is 89.7 Å². The topological polar surface area (TPSA) is 358 Å². The summed E-state index contributed by atoms with van der Waals surface area (Å²) >= 11 is 0. The highest BCUT2D eigenvalue weighted by Gasteiger charge is 2.33. The molecule has 0 saturated carbocycles. The number of anilines is 2. The van der Waals surface area contributed by atoms with Crippen LogP contribution >= 0.6 is 0 Å². The zero-order valence-corrected chi connectivity index (χ0v) is 69.7. The Hall–Kier alpha value is -12.7. The van der Waals surface area contributed by atoms with Crippen molar-refractivity contribution in [3.63, 3.8) is 0 Å². The molecule has 2 atom stereocenters. The summed E-state index contributed by atoms with van der Waals surface area (Å²) in [6.45, 7) is 9.92. The summed E-state index contributed by atoms with van der Waals surface area (Å²) in [7, 11) is 8.67. The molecule has 2 saturated heterocycles. The zero-order chi connectivity index (χ0) is 86.6. The number of H-pyrrole nitrogens is 2. The van der Waals surface area contributed by atoms with Crippen molar-refractivity contribution in [1.29, 1.82) is 0 Å². The lowest BCUT2D eigenvalue weighted by atomic mass is 9.94. The Morgan fingerprint density at radius 2 is 0.901 bits per heavy atom. The molecule has 4 aromatic heterocycles. The Balaban J connectivity index is 0.000000194. The number of piperidine rings is 2. The van der Waals surface area contributed by atoms with E-state index in [0.29, 0.717) is 129 Å². The molecule has 121 heavy (non-hydrogen) atoms. The second kappa shape index (κ2) is 43.9. The SMILES string of the molecule is COCCOc1nc(N)c2[nH]c(=O)n(Cc3ccc(CCC(=O)[C@@H]4CCCCN4Cc4c(OC)cc(OCc5cccc(-c6ccccc6)c5C)cc4OC)cc3)c2n1.COCCOc1nc(N)c2[nH]c(=O)n(Cc3ccc(CN)cc3)c2n1.COc1cc(OCc2cccc(-c3ccccc3)c2C)cc(OC)c1CN1CCCC[C@H]1C(=O)O.[2H]CF. The first-order valence-electron chi connectivity index (χ1n) is 40.7. The highest BCUT2D eigenvalue weighted by molar-refractivity contribution is 5.85. The number of imidazole rings is 2. The van der Waals surface area contributed by atoms with Gasteiger partial charge in [-0.2, -0.15) is 19.9 Å². The van der Waals surface area contributed by atoms with Crippen molar-refractivity contribution in [3.05, 3.63) is 246 Å². The molecule has 638 valence electrons. The van der Waals surface area contributed by atoms with Crippen LogP contribution in [0.25, 0.3) is 44.6 Å². The summed E-state index contributed by atoms with van der Waals surface area (Å²) in [5, 5.41) is 9.65. The fourth-order valence-electron chi connectivity index (χ4n) is 15.0. The number of aryl methyl sites for hydroxylation is 1. The molecule has 0 radical (unpaired) electrons. The molecule has 9 N–H and O–H groups in total. The third-order valence-electron chi connectivity index (χ3n) is 21.5. The Morgan fingerprint density at radius 1 is 0.504 bits per heavy atom. The number of carboxylic acid groups (broad SMARTS) is 1. The summed E-state index contributed by atoms with van der Waals surface area (Å²) in [5.41, 5.74) is 33.4. The molecule has 29 heteroatoms. The fourth-order valence-corrected chi connectivity index (χ4v) is 15.0. The van der Waals surface area contributed by atoms with E-state index in [1.807, 2.05) is 114 Å². The molecule has 2 aliphatic rings. The van der Waals surface area contributed by atoms with Gasteiger partial charge in [0.05, 0.1) is 80.4 Å². The number of nitrogens with one attached hydrogen (secondary N) is 2. The van der Waals surface area contributed by atoms with Gasteiger partial charge in [0.1, 0.15) is 83.8 Å². The van der Waals surface area contributed by atoms with Crippen LogP contribution in [0.1, 0.15) is 102 Å². The van der Waals surface area contributed by atoms with Gasteiger partial charge in [0.15, 0.2) is 22.9 Å². The van der Waals surface area contributed by atoms with Crippen LogP contribution in [-0.2, 0) is 71.4 Å². The van der Waals surface area contributed by atoms with Gasteiger partial charge in [-0.3, -0.25) is 32.9 Å². The molecule has 2 aliphatic heterocycles. The van der Waals surface area contributed by atoms with Crippen LogP contribution in [0.15, 0.2) is 179 Å². The maximum absolute atomic E-state index is 13.9. The van der Waals surface area contributed by atoms with Crippen LogP contribution in [0.3, 0.4) is 0 Å². The summed E-state index contributed by atoms with van der Waals surface area (Å²) in [4.78, 5) is 77.4. The number of aliphatic carboxylic acids is 1. The number of Topliss-reactive ketones (excluding diaryl/α,β-unsaturated/α-hetero) is 1. The minimum absolute atomic E-state index is 0.0739. The normalized spacial score (nSPS) is 14.1. The van der Waals surface area contributed by atoms with Crippen molar-refractivity contribution in [3.8, 4) is 68.8 Å². The van der Waals surface area contributed by atoms with Crippen molar-refractivity contribution in [2.75, 3.05) is 101 Å². The lowest BCUT2D eigenvalue weighted by Crippen LogP contribution is -2.44. The van der Waals surface area contributed by atoms with Crippen molar-refractivity contribution in [1.82, 2.24) is 48.8 Å².